The van der Waals surface area contributed by atoms with Crippen LogP contribution in [-0.2, 0) is 11.2 Å². The third kappa shape index (κ3) is 2.74. The van der Waals surface area contributed by atoms with Crippen LogP contribution in [0, 0.1) is 6.92 Å². The molecule has 2 nitrogen and oxygen atoms in total. The average molecular weight is 212 g/mol. The van der Waals surface area contributed by atoms with E-state index in [1.807, 2.05) is 19.1 Å². The molecule has 0 unspecified atom stereocenters. The van der Waals surface area contributed by atoms with Crippen molar-refractivity contribution in [2.24, 2.45) is 0 Å². The molecule has 1 rings (SSSR count). The smallest absolute Gasteiger partial charge is 0.239 e. The second-order valence-electron chi connectivity index (χ2n) is 3.18. The number of carbonyl (C=O) groups excluding carboxylic acids is 1. The summed E-state index contributed by atoms with van der Waals surface area (Å²) < 4.78 is 0. The van der Waals surface area contributed by atoms with Gasteiger partial charge in [-0.1, -0.05) is 19.1 Å². The fourth-order valence-corrected chi connectivity index (χ4v) is 1.34. The number of rotatable bonds is 3. The zero-order valence-electron chi connectivity index (χ0n) is 8.43. The molecule has 14 heavy (non-hydrogen) atoms. The number of amides is 1. The maximum Gasteiger partial charge on any atom is 0.239 e. The summed E-state index contributed by atoms with van der Waals surface area (Å²) in [5.74, 6) is -0.173. The molecule has 0 atom stereocenters. The number of nitrogens with one attached hydrogen (secondary N) is 1. The van der Waals surface area contributed by atoms with Crippen LogP contribution in [0.2, 0.25) is 0 Å². The molecule has 0 saturated carbocycles. The van der Waals surface area contributed by atoms with E-state index in [2.05, 4.69) is 18.3 Å². The van der Waals surface area contributed by atoms with Crippen molar-refractivity contribution >= 4 is 23.2 Å². The Hall–Kier alpha value is -1.02. The van der Waals surface area contributed by atoms with Gasteiger partial charge in [0.2, 0.25) is 5.91 Å². The SMILES string of the molecule is CCc1ccc(NC(=O)CCl)c(C)c1. The van der Waals surface area contributed by atoms with E-state index in [0.29, 0.717) is 0 Å². The quantitative estimate of drug-likeness (QED) is 0.766. The van der Waals surface area contributed by atoms with Crippen molar-refractivity contribution in [2.45, 2.75) is 20.3 Å². The molecule has 1 amide bonds. The molecule has 0 aliphatic rings. The number of benzene rings is 1. The molecule has 1 aromatic carbocycles. The number of anilines is 1. The van der Waals surface area contributed by atoms with Crippen LogP contribution < -0.4 is 5.32 Å². The lowest BCUT2D eigenvalue weighted by molar-refractivity contribution is -0.113. The molecule has 1 N–H and O–H groups in total. The highest BCUT2D eigenvalue weighted by molar-refractivity contribution is 6.29. The monoisotopic (exact) mass is 211 g/mol. The van der Waals surface area contributed by atoms with E-state index in [9.17, 15) is 4.79 Å². The van der Waals surface area contributed by atoms with E-state index in [1.54, 1.807) is 0 Å². The first-order valence-corrected chi connectivity index (χ1v) is 5.16. The number of aryl methyl sites for hydroxylation is 2. The van der Waals surface area contributed by atoms with Crippen molar-refractivity contribution in [3.63, 3.8) is 0 Å². The lowest BCUT2D eigenvalue weighted by Crippen LogP contribution is -2.13. The summed E-state index contributed by atoms with van der Waals surface area (Å²) >= 11 is 5.40. The van der Waals surface area contributed by atoms with Gasteiger partial charge in [0, 0.05) is 5.69 Å². The highest BCUT2D eigenvalue weighted by atomic mass is 35.5. The summed E-state index contributed by atoms with van der Waals surface area (Å²) in [5, 5.41) is 2.74. The maximum absolute atomic E-state index is 11.0. The minimum atomic E-state index is -0.168. The summed E-state index contributed by atoms with van der Waals surface area (Å²) in [6.07, 6.45) is 1.00. The fraction of sp³-hybridized carbons (Fsp3) is 0.364. The Kier molecular flexibility index (Phi) is 3.96. The first-order valence-electron chi connectivity index (χ1n) is 4.62. The average Bonchev–Trinajstić information content (AvgIpc) is 2.20. The van der Waals surface area contributed by atoms with Gasteiger partial charge in [0.15, 0.2) is 0 Å². The van der Waals surface area contributed by atoms with Crippen LogP contribution in [0.5, 0.6) is 0 Å². The molecule has 0 saturated heterocycles. The molecule has 0 aliphatic heterocycles. The topological polar surface area (TPSA) is 29.1 Å². The van der Waals surface area contributed by atoms with Crippen LogP contribution in [0.25, 0.3) is 0 Å². The number of alkyl halides is 1. The first-order chi connectivity index (χ1) is 6.67. The Bertz CT molecular complexity index is 336. The third-order valence-corrected chi connectivity index (χ3v) is 2.34. The van der Waals surface area contributed by atoms with Gasteiger partial charge < -0.3 is 5.32 Å². The fourth-order valence-electron chi connectivity index (χ4n) is 1.27. The molecule has 0 fully saturated rings. The van der Waals surface area contributed by atoms with Crippen molar-refractivity contribution in [1.82, 2.24) is 0 Å². The summed E-state index contributed by atoms with van der Waals surface area (Å²) in [6, 6.07) is 6.00. The lowest BCUT2D eigenvalue weighted by Gasteiger charge is -2.08. The van der Waals surface area contributed by atoms with E-state index in [1.165, 1.54) is 5.56 Å². The zero-order valence-corrected chi connectivity index (χ0v) is 9.19. The Morgan fingerprint density at radius 2 is 2.21 bits per heavy atom. The Balaban J connectivity index is 2.83. The summed E-state index contributed by atoms with van der Waals surface area (Å²) in [5.41, 5.74) is 3.18. The highest BCUT2D eigenvalue weighted by Crippen LogP contribution is 2.16. The van der Waals surface area contributed by atoms with Crippen molar-refractivity contribution < 1.29 is 4.79 Å². The largest absolute Gasteiger partial charge is 0.325 e. The van der Waals surface area contributed by atoms with Gasteiger partial charge in [-0.25, -0.2) is 0 Å². The Labute approximate surface area is 89.3 Å². The van der Waals surface area contributed by atoms with Crippen molar-refractivity contribution in [3.05, 3.63) is 29.3 Å². The molecule has 0 bridgehead atoms. The molecule has 76 valence electrons. The Morgan fingerprint density at radius 3 is 2.71 bits per heavy atom. The maximum atomic E-state index is 11.0. The van der Waals surface area contributed by atoms with Crippen LogP contribution >= 0.6 is 11.6 Å². The molecule has 0 spiro atoms. The third-order valence-electron chi connectivity index (χ3n) is 2.09. The molecule has 0 heterocycles. The minimum absolute atomic E-state index is 0.00499. The Morgan fingerprint density at radius 1 is 1.50 bits per heavy atom. The number of carbonyl (C=O) groups is 1. The van der Waals surface area contributed by atoms with Crippen molar-refractivity contribution in [2.75, 3.05) is 11.2 Å². The summed E-state index contributed by atoms with van der Waals surface area (Å²) in [4.78, 5) is 11.0. The highest BCUT2D eigenvalue weighted by Gasteiger charge is 2.03. The van der Waals surface area contributed by atoms with Gasteiger partial charge in [-0.2, -0.15) is 0 Å². The van der Waals surface area contributed by atoms with E-state index in [-0.39, 0.29) is 11.8 Å². The molecule has 0 aromatic heterocycles. The molecule has 3 heteroatoms. The van der Waals surface area contributed by atoms with Crippen molar-refractivity contribution in [3.8, 4) is 0 Å². The van der Waals surface area contributed by atoms with Gasteiger partial charge in [0.25, 0.3) is 0 Å². The van der Waals surface area contributed by atoms with Crippen LogP contribution in [-0.4, -0.2) is 11.8 Å². The number of hydrogen-bond donors (Lipinski definition) is 1. The van der Waals surface area contributed by atoms with Crippen LogP contribution in [0.3, 0.4) is 0 Å². The van der Waals surface area contributed by atoms with Crippen LogP contribution in [0.15, 0.2) is 18.2 Å². The minimum Gasteiger partial charge on any atom is -0.325 e. The van der Waals surface area contributed by atoms with Gasteiger partial charge in [-0.15, -0.1) is 11.6 Å². The van der Waals surface area contributed by atoms with Gasteiger partial charge in [-0.05, 0) is 30.5 Å². The molecule has 0 radical (unpaired) electrons. The number of hydrogen-bond acceptors (Lipinski definition) is 1. The molecule has 0 aliphatic carbocycles. The van der Waals surface area contributed by atoms with E-state index in [4.69, 9.17) is 11.6 Å². The predicted molar refractivity (Wildman–Crippen MR) is 59.9 cm³/mol. The molecule has 1 aromatic rings. The molecular formula is C11H14ClNO. The number of halogens is 1. The predicted octanol–water partition coefficient (Wildman–Crippen LogP) is 2.73. The summed E-state index contributed by atoms with van der Waals surface area (Å²) in [7, 11) is 0. The second kappa shape index (κ2) is 5.01. The summed E-state index contributed by atoms with van der Waals surface area (Å²) in [6.45, 7) is 4.08. The van der Waals surface area contributed by atoms with Gasteiger partial charge in [0.05, 0.1) is 0 Å². The van der Waals surface area contributed by atoms with E-state index < -0.39 is 0 Å². The van der Waals surface area contributed by atoms with Gasteiger partial charge >= 0.3 is 0 Å². The van der Waals surface area contributed by atoms with Gasteiger partial charge in [0.1, 0.15) is 5.88 Å². The van der Waals surface area contributed by atoms with Crippen molar-refractivity contribution in [1.29, 1.82) is 0 Å². The molecular weight excluding hydrogens is 198 g/mol. The second-order valence-corrected chi connectivity index (χ2v) is 3.45. The van der Waals surface area contributed by atoms with Crippen LogP contribution in [0.4, 0.5) is 5.69 Å². The van der Waals surface area contributed by atoms with Crippen LogP contribution in [0.1, 0.15) is 18.1 Å². The van der Waals surface area contributed by atoms with Gasteiger partial charge in [-0.3, -0.25) is 4.79 Å². The first kappa shape index (κ1) is 11.1. The standard InChI is InChI=1S/C11H14ClNO/c1-3-9-4-5-10(8(2)6-9)13-11(14)7-12/h4-6H,3,7H2,1-2H3,(H,13,14). The normalized spacial score (nSPS) is 9.93. The van der Waals surface area contributed by atoms with E-state index in [0.717, 1.165) is 17.7 Å². The zero-order chi connectivity index (χ0) is 10.6. The lowest BCUT2D eigenvalue weighted by atomic mass is 10.1. The van der Waals surface area contributed by atoms with E-state index >= 15 is 0 Å².